The van der Waals surface area contributed by atoms with Crippen LogP contribution in [-0.2, 0) is 4.79 Å². The zero-order valence-corrected chi connectivity index (χ0v) is 12.4. The monoisotopic (exact) mass is 274 g/mol. The second-order valence-corrected chi connectivity index (χ2v) is 5.94. The molecule has 1 aliphatic rings. The molecule has 0 aromatic heterocycles. The van der Waals surface area contributed by atoms with Crippen molar-refractivity contribution in [3.8, 4) is 0 Å². The first-order valence-electron chi connectivity index (χ1n) is 7.75. The third-order valence-electron chi connectivity index (χ3n) is 4.17. The molecule has 1 amide bonds. The van der Waals surface area contributed by atoms with Gasteiger partial charge < -0.3 is 10.6 Å². The summed E-state index contributed by atoms with van der Waals surface area (Å²) in [6.45, 7) is 3.75. The Bertz CT molecular complexity index is 416. The fourth-order valence-corrected chi connectivity index (χ4v) is 2.91. The molecule has 1 saturated heterocycles. The van der Waals surface area contributed by atoms with Crippen LogP contribution in [0, 0.1) is 0 Å². The number of carbonyl (C=O) groups is 1. The van der Waals surface area contributed by atoms with Crippen LogP contribution in [0.2, 0.25) is 0 Å². The molecule has 1 fully saturated rings. The summed E-state index contributed by atoms with van der Waals surface area (Å²) < 4.78 is 0. The summed E-state index contributed by atoms with van der Waals surface area (Å²) in [5.74, 6) is 0.874. The van der Waals surface area contributed by atoms with E-state index in [1.165, 1.54) is 12.0 Å². The molecule has 1 aliphatic heterocycles. The van der Waals surface area contributed by atoms with Gasteiger partial charge in [0.15, 0.2) is 0 Å². The Kier molecular flexibility index (Phi) is 5.60. The molecule has 20 heavy (non-hydrogen) atoms. The van der Waals surface area contributed by atoms with Gasteiger partial charge >= 0.3 is 0 Å². The van der Waals surface area contributed by atoms with Crippen molar-refractivity contribution in [1.29, 1.82) is 0 Å². The molecule has 3 nitrogen and oxygen atoms in total. The van der Waals surface area contributed by atoms with Crippen LogP contribution < -0.4 is 5.73 Å². The second kappa shape index (κ2) is 7.44. The Labute approximate surface area is 122 Å². The maximum absolute atomic E-state index is 12.2. The highest BCUT2D eigenvalue weighted by molar-refractivity contribution is 5.76. The topological polar surface area (TPSA) is 46.3 Å². The van der Waals surface area contributed by atoms with Gasteiger partial charge in [-0.2, -0.15) is 0 Å². The zero-order chi connectivity index (χ0) is 14.4. The quantitative estimate of drug-likeness (QED) is 0.917. The number of nitrogens with two attached hydrogens (primary N) is 1. The van der Waals surface area contributed by atoms with Crippen LogP contribution in [0.5, 0.6) is 0 Å². The molecule has 0 bridgehead atoms. The van der Waals surface area contributed by atoms with E-state index in [-0.39, 0.29) is 11.9 Å². The predicted molar refractivity (Wildman–Crippen MR) is 82.5 cm³/mol. The average molecular weight is 274 g/mol. The van der Waals surface area contributed by atoms with E-state index in [1.807, 2.05) is 11.8 Å². The minimum Gasteiger partial charge on any atom is -0.343 e. The van der Waals surface area contributed by atoms with Crippen LogP contribution in [0.4, 0.5) is 0 Å². The minimum atomic E-state index is 0.114. The summed E-state index contributed by atoms with van der Waals surface area (Å²) in [6.07, 6.45) is 4.74. The van der Waals surface area contributed by atoms with E-state index in [9.17, 15) is 4.79 Å². The summed E-state index contributed by atoms with van der Waals surface area (Å²) in [5.41, 5.74) is 7.14. The van der Waals surface area contributed by atoms with Crippen molar-refractivity contribution in [2.24, 2.45) is 5.73 Å². The molecule has 2 unspecified atom stereocenters. The molecule has 2 rings (SSSR count). The normalized spacial score (nSPS) is 21.3. The standard InChI is InChI=1S/C17H26N2O/c1-14(18)9-10-17(20)19-12-5-8-16(11-13-19)15-6-3-2-4-7-15/h2-4,6-7,14,16H,5,8-13,18H2,1H3. The van der Waals surface area contributed by atoms with Crippen LogP contribution in [0.15, 0.2) is 30.3 Å². The summed E-state index contributed by atoms with van der Waals surface area (Å²) in [4.78, 5) is 14.2. The van der Waals surface area contributed by atoms with Gasteiger partial charge in [0.25, 0.3) is 0 Å². The van der Waals surface area contributed by atoms with E-state index in [0.29, 0.717) is 12.3 Å². The molecule has 3 heteroatoms. The molecule has 0 aliphatic carbocycles. The second-order valence-electron chi connectivity index (χ2n) is 5.94. The van der Waals surface area contributed by atoms with Crippen LogP contribution >= 0.6 is 0 Å². The van der Waals surface area contributed by atoms with Gasteiger partial charge in [-0.3, -0.25) is 4.79 Å². The first kappa shape index (κ1) is 15.0. The average Bonchev–Trinajstić information content (AvgIpc) is 2.71. The number of nitrogens with zero attached hydrogens (tertiary/aromatic N) is 1. The van der Waals surface area contributed by atoms with E-state index < -0.39 is 0 Å². The summed E-state index contributed by atoms with van der Waals surface area (Å²) in [7, 11) is 0. The molecule has 1 heterocycles. The lowest BCUT2D eigenvalue weighted by molar-refractivity contribution is -0.131. The van der Waals surface area contributed by atoms with Crippen molar-refractivity contribution in [1.82, 2.24) is 4.90 Å². The third-order valence-corrected chi connectivity index (χ3v) is 4.17. The highest BCUT2D eigenvalue weighted by atomic mass is 16.2. The summed E-state index contributed by atoms with van der Waals surface area (Å²) in [5, 5.41) is 0. The SMILES string of the molecule is CC(N)CCC(=O)N1CCCC(c2ccccc2)CC1. The largest absolute Gasteiger partial charge is 0.343 e. The smallest absolute Gasteiger partial charge is 0.222 e. The Morgan fingerprint density at radius 1 is 1.30 bits per heavy atom. The molecule has 2 N–H and O–H groups in total. The molecule has 0 saturated carbocycles. The number of amides is 1. The summed E-state index contributed by atoms with van der Waals surface area (Å²) >= 11 is 0. The van der Waals surface area contributed by atoms with Gasteiger partial charge in [0.05, 0.1) is 0 Å². The molecular weight excluding hydrogens is 248 g/mol. The van der Waals surface area contributed by atoms with Crippen LogP contribution in [-0.4, -0.2) is 29.9 Å². The first-order valence-corrected chi connectivity index (χ1v) is 7.75. The number of likely N-dealkylation sites (tertiary alicyclic amines) is 1. The Hall–Kier alpha value is -1.35. The molecule has 110 valence electrons. The molecular formula is C17H26N2O. The van der Waals surface area contributed by atoms with E-state index in [4.69, 9.17) is 5.73 Å². The fraction of sp³-hybridized carbons (Fsp3) is 0.588. The molecule has 2 atom stereocenters. The van der Waals surface area contributed by atoms with Crippen molar-refractivity contribution in [3.05, 3.63) is 35.9 Å². The fourth-order valence-electron chi connectivity index (χ4n) is 2.91. The number of hydrogen-bond acceptors (Lipinski definition) is 2. The molecule has 0 radical (unpaired) electrons. The van der Waals surface area contributed by atoms with Crippen molar-refractivity contribution < 1.29 is 4.79 Å². The summed E-state index contributed by atoms with van der Waals surface area (Å²) in [6, 6.07) is 10.8. The third kappa shape index (κ3) is 4.34. The number of benzene rings is 1. The van der Waals surface area contributed by atoms with Crippen LogP contribution in [0.25, 0.3) is 0 Å². The van der Waals surface area contributed by atoms with E-state index in [1.54, 1.807) is 0 Å². The lowest BCUT2D eigenvalue weighted by Gasteiger charge is -2.21. The lowest BCUT2D eigenvalue weighted by Crippen LogP contribution is -2.32. The maximum Gasteiger partial charge on any atom is 0.222 e. The minimum absolute atomic E-state index is 0.114. The number of rotatable bonds is 4. The van der Waals surface area contributed by atoms with E-state index >= 15 is 0 Å². The van der Waals surface area contributed by atoms with Gasteiger partial charge in [-0.25, -0.2) is 0 Å². The van der Waals surface area contributed by atoms with E-state index in [2.05, 4.69) is 30.3 Å². The van der Waals surface area contributed by atoms with Gasteiger partial charge in [-0.15, -0.1) is 0 Å². The Balaban J connectivity index is 1.87. The van der Waals surface area contributed by atoms with Crippen molar-refractivity contribution in [2.75, 3.05) is 13.1 Å². The lowest BCUT2D eigenvalue weighted by atomic mass is 9.92. The van der Waals surface area contributed by atoms with Gasteiger partial charge in [-0.1, -0.05) is 30.3 Å². The van der Waals surface area contributed by atoms with Gasteiger partial charge in [-0.05, 0) is 44.1 Å². The highest BCUT2D eigenvalue weighted by Crippen LogP contribution is 2.28. The van der Waals surface area contributed by atoms with Crippen molar-refractivity contribution in [3.63, 3.8) is 0 Å². The highest BCUT2D eigenvalue weighted by Gasteiger charge is 2.21. The van der Waals surface area contributed by atoms with Gasteiger partial charge in [0, 0.05) is 25.6 Å². The molecule has 0 spiro atoms. The Morgan fingerprint density at radius 2 is 2.05 bits per heavy atom. The predicted octanol–water partition coefficient (Wildman–Crippen LogP) is 2.91. The number of carbonyl (C=O) groups excluding carboxylic acids is 1. The van der Waals surface area contributed by atoms with Crippen LogP contribution in [0.1, 0.15) is 50.5 Å². The van der Waals surface area contributed by atoms with Crippen molar-refractivity contribution in [2.45, 2.75) is 51.0 Å². The van der Waals surface area contributed by atoms with E-state index in [0.717, 1.165) is 32.4 Å². The van der Waals surface area contributed by atoms with Crippen molar-refractivity contribution >= 4 is 5.91 Å². The molecule has 1 aromatic carbocycles. The first-order chi connectivity index (χ1) is 9.66. The van der Waals surface area contributed by atoms with Gasteiger partial charge in [0.2, 0.25) is 5.91 Å². The zero-order valence-electron chi connectivity index (χ0n) is 12.4. The maximum atomic E-state index is 12.2. The van der Waals surface area contributed by atoms with Gasteiger partial charge in [0.1, 0.15) is 0 Å². The molecule has 1 aromatic rings. The Morgan fingerprint density at radius 3 is 2.75 bits per heavy atom. The number of hydrogen-bond donors (Lipinski definition) is 1. The van der Waals surface area contributed by atoms with Crippen LogP contribution in [0.3, 0.4) is 0 Å².